The largest absolute Gasteiger partial charge is 0.302 e. The molecule has 0 saturated carbocycles. The van der Waals surface area contributed by atoms with E-state index in [-0.39, 0.29) is 5.78 Å². The molecule has 0 aliphatic carbocycles. The van der Waals surface area contributed by atoms with Crippen molar-refractivity contribution in [1.29, 1.82) is 0 Å². The number of carbonyl (C=O) groups excluding carboxylic acids is 1. The molecule has 1 aliphatic rings. The number of aromatic nitrogens is 1. The van der Waals surface area contributed by atoms with Gasteiger partial charge in [0.25, 0.3) is 0 Å². The highest BCUT2D eigenvalue weighted by atomic mass is 16.1. The van der Waals surface area contributed by atoms with E-state index in [2.05, 4.69) is 31.0 Å². The van der Waals surface area contributed by atoms with Gasteiger partial charge in [-0.1, -0.05) is 11.6 Å². The smallest absolute Gasteiger partial charge is 0.160 e. The van der Waals surface area contributed by atoms with Crippen molar-refractivity contribution < 1.29 is 4.79 Å². The van der Waals surface area contributed by atoms with Crippen molar-refractivity contribution in [3.05, 3.63) is 40.6 Å². The zero-order chi connectivity index (χ0) is 13.6. The Balaban J connectivity index is 2.37. The fraction of sp³-hybridized carbons (Fsp3) is 0.375. The van der Waals surface area contributed by atoms with Crippen LogP contribution in [0.1, 0.15) is 34.1 Å². The van der Waals surface area contributed by atoms with Crippen LogP contribution in [0.2, 0.25) is 0 Å². The van der Waals surface area contributed by atoms with E-state index >= 15 is 0 Å². The predicted molar refractivity (Wildman–Crippen MR) is 76.5 cm³/mol. The van der Waals surface area contributed by atoms with E-state index in [1.807, 2.05) is 6.07 Å². The van der Waals surface area contributed by atoms with Crippen molar-refractivity contribution in [2.75, 3.05) is 13.6 Å². The van der Waals surface area contributed by atoms with Gasteiger partial charge in [-0.3, -0.25) is 9.78 Å². The van der Waals surface area contributed by atoms with Crippen LogP contribution in [0, 0.1) is 6.92 Å². The van der Waals surface area contributed by atoms with E-state index in [4.69, 9.17) is 4.98 Å². The summed E-state index contributed by atoms with van der Waals surface area (Å²) >= 11 is 0. The molecule has 0 N–H and O–H groups in total. The third kappa shape index (κ3) is 2.04. The number of likely N-dealkylation sites (N-methyl/N-ethyl adjacent to an activating group) is 1. The number of rotatable bonds is 1. The number of carbonyl (C=O) groups is 1. The van der Waals surface area contributed by atoms with Gasteiger partial charge < -0.3 is 4.90 Å². The Bertz CT molecular complexity index is 676. The summed E-state index contributed by atoms with van der Waals surface area (Å²) in [5, 5.41) is 1.00. The molecule has 0 fully saturated rings. The van der Waals surface area contributed by atoms with Gasteiger partial charge in [0, 0.05) is 36.2 Å². The number of pyridine rings is 1. The molecule has 0 saturated heterocycles. The van der Waals surface area contributed by atoms with E-state index in [9.17, 15) is 4.79 Å². The van der Waals surface area contributed by atoms with Crippen LogP contribution < -0.4 is 0 Å². The van der Waals surface area contributed by atoms with Crippen molar-refractivity contribution in [2.45, 2.75) is 26.8 Å². The molecule has 98 valence electrons. The first-order valence-electron chi connectivity index (χ1n) is 6.68. The highest BCUT2D eigenvalue weighted by molar-refractivity contribution is 6.07. The number of benzene rings is 1. The highest BCUT2D eigenvalue weighted by Crippen LogP contribution is 2.28. The Morgan fingerprint density at radius 2 is 2.16 bits per heavy atom. The summed E-state index contributed by atoms with van der Waals surface area (Å²) in [5.74, 6) is 0.143. The topological polar surface area (TPSA) is 33.2 Å². The number of hydrogen-bond donors (Lipinski definition) is 0. The molecular formula is C16H18N2O. The lowest BCUT2D eigenvalue weighted by atomic mass is 9.93. The molecule has 2 aromatic rings. The van der Waals surface area contributed by atoms with Crippen molar-refractivity contribution in [1.82, 2.24) is 9.88 Å². The molecule has 1 aliphatic heterocycles. The Labute approximate surface area is 113 Å². The van der Waals surface area contributed by atoms with Crippen molar-refractivity contribution in [2.24, 2.45) is 0 Å². The van der Waals surface area contributed by atoms with E-state index < -0.39 is 0 Å². The maximum absolute atomic E-state index is 12.1. The van der Waals surface area contributed by atoms with Gasteiger partial charge in [0.05, 0.1) is 5.52 Å². The van der Waals surface area contributed by atoms with Crippen molar-refractivity contribution in [3.8, 4) is 0 Å². The lowest BCUT2D eigenvalue weighted by Gasteiger charge is -2.26. The van der Waals surface area contributed by atoms with Crippen LogP contribution in [0.4, 0.5) is 0 Å². The summed E-state index contributed by atoms with van der Waals surface area (Å²) < 4.78 is 0. The highest BCUT2D eigenvalue weighted by Gasteiger charge is 2.22. The van der Waals surface area contributed by atoms with Gasteiger partial charge in [-0.05, 0) is 38.6 Å². The molecule has 2 heterocycles. The van der Waals surface area contributed by atoms with Gasteiger partial charge >= 0.3 is 0 Å². The summed E-state index contributed by atoms with van der Waals surface area (Å²) in [6.45, 7) is 5.54. The van der Waals surface area contributed by atoms with Crippen LogP contribution >= 0.6 is 0 Å². The molecule has 0 bridgehead atoms. The number of nitrogens with zero attached hydrogens (tertiary/aromatic N) is 2. The number of ketones is 1. The molecule has 0 unspecified atom stereocenters. The molecular weight excluding hydrogens is 236 g/mol. The van der Waals surface area contributed by atoms with E-state index in [0.29, 0.717) is 0 Å². The molecule has 0 atom stereocenters. The average Bonchev–Trinajstić information content (AvgIpc) is 2.35. The summed E-state index contributed by atoms with van der Waals surface area (Å²) in [6, 6.07) is 6.16. The molecule has 19 heavy (non-hydrogen) atoms. The van der Waals surface area contributed by atoms with Crippen LogP contribution in [-0.2, 0) is 13.0 Å². The molecule has 3 nitrogen and oxygen atoms in total. The number of Topliss-reactive ketones (excluding diaryl/α,β-unsaturated/α-hetero) is 1. The monoisotopic (exact) mass is 254 g/mol. The van der Waals surface area contributed by atoms with Gasteiger partial charge in [0.15, 0.2) is 5.78 Å². The van der Waals surface area contributed by atoms with Gasteiger partial charge in [0.1, 0.15) is 0 Å². The number of aryl methyl sites for hydroxylation is 1. The first kappa shape index (κ1) is 12.3. The van der Waals surface area contributed by atoms with Crippen LogP contribution in [0.5, 0.6) is 0 Å². The lowest BCUT2D eigenvalue weighted by molar-refractivity contribution is 0.101. The van der Waals surface area contributed by atoms with E-state index in [1.165, 1.54) is 5.56 Å². The quantitative estimate of drug-likeness (QED) is 0.734. The summed E-state index contributed by atoms with van der Waals surface area (Å²) in [5.41, 5.74) is 5.20. The van der Waals surface area contributed by atoms with Crippen LogP contribution in [0.15, 0.2) is 18.2 Å². The molecule has 3 heteroatoms. The van der Waals surface area contributed by atoms with Gasteiger partial charge in [-0.2, -0.15) is 0 Å². The van der Waals surface area contributed by atoms with E-state index in [0.717, 1.165) is 47.2 Å². The Kier molecular flexibility index (Phi) is 2.86. The van der Waals surface area contributed by atoms with Crippen LogP contribution in [-0.4, -0.2) is 29.3 Å². The van der Waals surface area contributed by atoms with Crippen molar-refractivity contribution in [3.63, 3.8) is 0 Å². The average molecular weight is 254 g/mol. The maximum Gasteiger partial charge on any atom is 0.160 e. The summed E-state index contributed by atoms with van der Waals surface area (Å²) in [4.78, 5) is 19.1. The molecule has 1 aromatic carbocycles. The molecule has 1 aromatic heterocycles. The zero-order valence-corrected chi connectivity index (χ0v) is 11.7. The maximum atomic E-state index is 12.1. The minimum absolute atomic E-state index is 0.143. The Morgan fingerprint density at radius 1 is 1.37 bits per heavy atom. The molecule has 0 spiro atoms. The lowest BCUT2D eigenvalue weighted by Crippen LogP contribution is -2.29. The minimum Gasteiger partial charge on any atom is -0.302 e. The second kappa shape index (κ2) is 4.42. The summed E-state index contributed by atoms with van der Waals surface area (Å²) in [7, 11) is 2.09. The Hall–Kier alpha value is -1.74. The van der Waals surface area contributed by atoms with Gasteiger partial charge in [-0.25, -0.2) is 0 Å². The fourth-order valence-corrected chi connectivity index (χ4v) is 2.89. The third-order valence-corrected chi connectivity index (χ3v) is 3.84. The fourth-order valence-electron chi connectivity index (χ4n) is 2.89. The third-order valence-electron chi connectivity index (χ3n) is 3.84. The SMILES string of the molecule is CC(=O)c1c2c(nc3ccc(C)cc13)CCN(C)C2. The van der Waals surface area contributed by atoms with Crippen LogP contribution in [0.3, 0.4) is 0 Å². The Morgan fingerprint density at radius 3 is 2.89 bits per heavy atom. The van der Waals surface area contributed by atoms with Crippen molar-refractivity contribution >= 4 is 16.7 Å². The second-order valence-corrected chi connectivity index (χ2v) is 5.48. The first-order valence-corrected chi connectivity index (χ1v) is 6.68. The molecule has 0 radical (unpaired) electrons. The first-order chi connectivity index (χ1) is 9.06. The van der Waals surface area contributed by atoms with Gasteiger partial charge in [0.2, 0.25) is 0 Å². The standard InChI is InChI=1S/C16H18N2O/c1-10-4-5-14-12(8-10)16(11(2)19)13-9-18(3)7-6-15(13)17-14/h4-5,8H,6-7,9H2,1-3H3. The van der Waals surface area contributed by atoms with Crippen LogP contribution in [0.25, 0.3) is 10.9 Å². The predicted octanol–water partition coefficient (Wildman–Crippen LogP) is 2.73. The minimum atomic E-state index is 0.143. The summed E-state index contributed by atoms with van der Waals surface area (Å²) in [6.07, 6.45) is 0.927. The molecule has 3 rings (SSSR count). The van der Waals surface area contributed by atoms with Gasteiger partial charge in [-0.15, -0.1) is 0 Å². The zero-order valence-electron chi connectivity index (χ0n) is 11.7. The second-order valence-electron chi connectivity index (χ2n) is 5.48. The van der Waals surface area contributed by atoms with E-state index in [1.54, 1.807) is 6.92 Å². The number of hydrogen-bond acceptors (Lipinski definition) is 3. The normalized spacial score (nSPS) is 15.5. The number of fused-ring (bicyclic) bond motifs is 2. The molecule has 0 amide bonds.